The molecule has 0 aliphatic heterocycles. The van der Waals surface area contributed by atoms with Crippen molar-refractivity contribution in [1.82, 2.24) is 9.80 Å². The van der Waals surface area contributed by atoms with Crippen molar-refractivity contribution < 1.29 is 32.8 Å². The number of allylic oxidation sites excluding steroid dienone is 1. The van der Waals surface area contributed by atoms with Crippen molar-refractivity contribution in [2.75, 3.05) is 39.3 Å². The smallest absolute Gasteiger partial charge is 0.328 e. The van der Waals surface area contributed by atoms with Crippen LogP contribution in [0.15, 0.2) is 12.7 Å². The predicted octanol–water partition coefficient (Wildman–Crippen LogP) is 3.86. The Bertz CT molecular complexity index is 610. The Morgan fingerprint density at radius 2 is 1.24 bits per heavy atom. The van der Waals surface area contributed by atoms with E-state index in [1.807, 2.05) is 0 Å². The standard InChI is InChI=1S/C11H18O7S.2C6H15N/c1-3-5-6-8(9(12)13)11(7-4-2,10(14)15)19(16,17)18;2*1-4-7(5-2)6-3/h4,8H,2-3,5-7H2,1H3,(H,12,13)(H,14,15)(H,16,17,18);2*4-6H2,1-3H3. The van der Waals surface area contributed by atoms with Crippen LogP contribution >= 0.6 is 0 Å². The fraction of sp³-hybridized carbons (Fsp3) is 0.826. The molecule has 2 atom stereocenters. The monoisotopic (exact) mass is 496 g/mol. The van der Waals surface area contributed by atoms with E-state index in [1.165, 1.54) is 39.3 Å². The Hall–Kier alpha value is -1.49. The molecule has 0 aliphatic rings. The normalized spacial score (nSPS) is 13.8. The lowest BCUT2D eigenvalue weighted by molar-refractivity contribution is -0.152. The maximum Gasteiger partial charge on any atom is 0.328 e. The van der Waals surface area contributed by atoms with Gasteiger partial charge in [-0.2, -0.15) is 8.42 Å². The second kappa shape index (κ2) is 19.9. The molecule has 0 aliphatic carbocycles. The number of hydrogen-bond acceptors (Lipinski definition) is 6. The van der Waals surface area contributed by atoms with Crippen LogP contribution in [-0.2, 0) is 19.7 Å². The summed E-state index contributed by atoms with van der Waals surface area (Å²) in [6, 6.07) is 0. The molecule has 0 fully saturated rings. The average molecular weight is 497 g/mol. The molecule has 0 aromatic heterocycles. The summed E-state index contributed by atoms with van der Waals surface area (Å²) < 4.78 is 29.3. The van der Waals surface area contributed by atoms with Gasteiger partial charge in [0.2, 0.25) is 4.75 Å². The topological polar surface area (TPSA) is 135 Å². The highest BCUT2D eigenvalue weighted by atomic mass is 32.2. The second-order valence-corrected chi connectivity index (χ2v) is 9.11. The Labute approximate surface area is 201 Å². The van der Waals surface area contributed by atoms with Gasteiger partial charge in [-0.05, 0) is 52.1 Å². The minimum atomic E-state index is -5.11. The minimum Gasteiger partial charge on any atom is -0.481 e. The molecule has 0 heterocycles. The third kappa shape index (κ3) is 13.1. The van der Waals surface area contributed by atoms with Crippen LogP contribution in [-0.4, -0.2) is 88.9 Å². The van der Waals surface area contributed by atoms with Gasteiger partial charge in [-0.15, -0.1) is 6.58 Å². The minimum absolute atomic E-state index is 0.161. The summed E-state index contributed by atoms with van der Waals surface area (Å²) >= 11 is 0. The summed E-state index contributed by atoms with van der Waals surface area (Å²) in [6.07, 6.45) is 1.04. The molecule has 0 spiro atoms. The van der Waals surface area contributed by atoms with Gasteiger partial charge in [-0.25, -0.2) is 0 Å². The maximum absolute atomic E-state index is 11.5. The van der Waals surface area contributed by atoms with Crippen LogP contribution in [0.25, 0.3) is 0 Å². The Balaban J connectivity index is -0.000000524. The van der Waals surface area contributed by atoms with Crippen LogP contribution in [0.4, 0.5) is 0 Å². The number of carboxylic acid groups (broad SMARTS) is 2. The van der Waals surface area contributed by atoms with Gasteiger partial charge >= 0.3 is 11.9 Å². The lowest BCUT2D eigenvalue weighted by Gasteiger charge is -2.30. The highest BCUT2D eigenvalue weighted by Crippen LogP contribution is 2.35. The van der Waals surface area contributed by atoms with Crippen molar-refractivity contribution in [1.29, 1.82) is 0 Å². The number of nitrogens with zero attached hydrogens (tertiary/aromatic N) is 2. The lowest BCUT2D eigenvalue weighted by atomic mass is 9.84. The van der Waals surface area contributed by atoms with Gasteiger partial charge < -0.3 is 20.0 Å². The molecule has 9 nitrogen and oxygen atoms in total. The van der Waals surface area contributed by atoms with Crippen LogP contribution in [0.2, 0.25) is 0 Å². The molecule has 0 saturated heterocycles. The van der Waals surface area contributed by atoms with E-state index in [4.69, 9.17) is 10.2 Å². The fourth-order valence-electron chi connectivity index (χ4n) is 3.29. The summed E-state index contributed by atoms with van der Waals surface area (Å²) in [5.74, 6) is -5.20. The zero-order valence-corrected chi connectivity index (χ0v) is 22.5. The Kier molecular flexibility index (Phi) is 21.8. The second-order valence-electron chi connectivity index (χ2n) is 7.43. The number of rotatable bonds is 15. The van der Waals surface area contributed by atoms with Gasteiger partial charge in [-0.1, -0.05) is 67.4 Å². The first-order chi connectivity index (χ1) is 15.3. The van der Waals surface area contributed by atoms with Crippen molar-refractivity contribution in [2.45, 2.75) is 78.9 Å². The molecular weight excluding hydrogens is 448 g/mol. The number of hydrogen-bond donors (Lipinski definition) is 3. The van der Waals surface area contributed by atoms with Crippen molar-refractivity contribution in [2.24, 2.45) is 5.92 Å². The summed E-state index contributed by atoms with van der Waals surface area (Å²) in [5.41, 5.74) is 0. The van der Waals surface area contributed by atoms with E-state index >= 15 is 0 Å². The largest absolute Gasteiger partial charge is 0.481 e. The highest BCUT2D eigenvalue weighted by molar-refractivity contribution is 7.88. The molecule has 0 saturated carbocycles. The summed E-state index contributed by atoms with van der Waals surface area (Å²) in [4.78, 5) is 27.3. The molecule has 0 aromatic carbocycles. The molecular formula is C23H48N2O7S. The van der Waals surface area contributed by atoms with Crippen LogP contribution in [0.3, 0.4) is 0 Å². The van der Waals surface area contributed by atoms with Gasteiger partial charge in [0.25, 0.3) is 10.1 Å². The van der Waals surface area contributed by atoms with Crippen molar-refractivity contribution in [3.63, 3.8) is 0 Å². The predicted molar refractivity (Wildman–Crippen MR) is 134 cm³/mol. The maximum atomic E-state index is 11.5. The summed E-state index contributed by atoms with van der Waals surface area (Å²) in [5, 5.41) is 18.3. The summed E-state index contributed by atoms with van der Waals surface area (Å²) in [7, 11) is -5.11. The summed E-state index contributed by atoms with van der Waals surface area (Å²) in [6.45, 7) is 25.2. The van der Waals surface area contributed by atoms with E-state index in [2.05, 4.69) is 57.9 Å². The highest BCUT2D eigenvalue weighted by Gasteiger charge is 2.58. The third-order valence-electron chi connectivity index (χ3n) is 5.66. The molecule has 0 bridgehead atoms. The quantitative estimate of drug-likeness (QED) is 0.228. The van der Waals surface area contributed by atoms with Gasteiger partial charge in [-0.3, -0.25) is 14.1 Å². The van der Waals surface area contributed by atoms with Gasteiger partial charge in [0.05, 0.1) is 5.92 Å². The van der Waals surface area contributed by atoms with E-state index < -0.39 is 39.1 Å². The number of aliphatic carboxylic acids is 2. The van der Waals surface area contributed by atoms with Gasteiger partial charge in [0.1, 0.15) is 0 Å². The molecule has 3 N–H and O–H groups in total. The number of unbranched alkanes of at least 4 members (excludes halogenated alkanes) is 1. The van der Waals surface area contributed by atoms with Crippen LogP contribution in [0.5, 0.6) is 0 Å². The zero-order valence-electron chi connectivity index (χ0n) is 21.7. The molecule has 2 unspecified atom stereocenters. The number of carboxylic acids is 2. The van der Waals surface area contributed by atoms with E-state index in [0.717, 1.165) is 6.08 Å². The molecule has 198 valence electrons. The first-order valence-electron chi connectivity index (χ1n) is 11.8. The van der Waals surface area contributed by atoms with E-state index in [1.54, 1.807) is 6.92 Å². The SMILES string of the molecule is C=CCC(C(=O)O)(C(CCCC)C(=O)O)S(=O)(=O)O.CCN(CC)CC.CCN(CC)CC. The first-order valence-corrected chi connectivity index (χ1v) is 13.3. The third-order valence-corrected chi connectivity index (χ3v) is 7.21. The molecule has 0 aromatic rings. The zero-order chi connectivity index (χ0) is 26.7. The van der Waals surface area contributed by atoms with E-state index in [0.29, 0.717) is 12.8 Å². The van der Waals surface area contributed by atoms with Crippen molar-refractivity contribution >= 4 is 22.1 Å². The van der Waals surface area contributed by atoms with Crippen LogP contribution in [0.1, 0.15) is 74.1 Å². The number of carbonyl (C=O) groups is 2. The fourth-order valence-corrected chi connectivity index (χ4v) is 4.42. The van der Waals surface area contributed by atoms with Crippen LogP contribution in [0, 0.1) is 5.92 Å². The molecule has 0 rings (SSSR count). The van der Waals surface area contributed by atoms with E-state index in [9.17, 15) is 22.6 Å². The Morgan fingerprint density at radius 1 is 0.879 bits per heavy atom. The van der Waals surface area contributed by atoms with E-state index in [-0.39, 0.29) is 6.42 Å². The van der Waals surface area contributed by atoms with Crippen molar-refractivity contribution in [3.8, 4) is 0 Å². The molecule has 0 radical (unpaired) electrons. The van der Waals surface area contributed by atoms with Crippen molar-refractivity contribution in [3.05, 3.63) is 12.7 Å². The lowest BCUT2D eigenvalue weighted by Crippen LogP contribution is -2.54. The molecule has 0 amide bonds. The van der Waals surface area contributed by atoms with Gasteiger partial charge in [0, 0.05) is 0 Å². The van der Waals surface area contributed by atoms with Gasteiger partial charge in [0.15, 0.2) is 0 Å². The molecule has 33 heavy (non-hydrogen) atoms. The van der Waals surface area contributed by atoms with Crippen LogP contribution < -0.4 is 0 Å². The Morgan fingerprint density at radius 3 is 1.39 bits per heavy atom. The molecule has 10 heteroatoms. The first kappa shape index (κ1) is 36.1. The average Bonchev–Trinajstić information content (AvgIpc) is 2.75.